The molecule has 144 valence electrons. The normalized spacial score (nSPS) is 28.6. The van der Waals surface area contributed by atoms with Crippen molar-refractivity contribution in [2.75, 3.05) is 13.1 Å². The van der Waals surface area contributed by atoms with E-state index in [2.05, 4.69) is 0 Å². The molecule has 3 heterocycles. The number of ether oxygens (including phenoxy) is 1. The summed E-state index contributed by atoms with van der Waals surface area (Å²) in [6.45, 7) is 0.882. The Labute approximate surface area is 166 Å². The van der Waals surface area contributed by atoms with Gasteiger partial charge < -0.3 is 14.5 Å². The van der Waals surface area contributed by atoms with Gasteiger partial charge in [0.05, 0.1) is 24.6 Å². The monoisotopic (exact) mass is 400 g/mol. The van der Waals surface area contributed by atoms with Crippen LogP contribution in [0.2, 0.25) is 5.02 Å². The molecule has 5 nitrogen and oxygen atoms in total. The molecule has 5 rings (SSSR count). The summed E-state index contributed by atoms with van der Waals surface area (Å²) in [7, 11) is 0. The van der Waals surface area contributed by atoms with Gasteiger partial charge in [-0.3, -0.25) is 9.59 Å². The molecule has 0 radical (unpaired) electrons. The molecule has 0 aromatic heterocycles. The lowest BCUT2D eigenvalue weighted by Crippen LogP contribution is -2.48. The van der Waals surface area contributed by atoms with Gasteiger partial charge in [0, 0.05) is 18.0 Å². The summed E-state index contributed by atoms with van der Waals surface area (Å²) in [6, 6.07) is 13.4. The summed E-state index contributed by atoms with van der Waals surface area (Å²) in [6.07, 6.45) is 0.492. The summed E-state index contributed by atoms with van der Waals surface area (Å²) in [5.74, 6) is -1.12. The second kappa shape index (κ2) is 6.29. The minimum atomic E-state index is -0.823. The zero-order chi connectivity index (χ0) is 19.5. The van der Waals surface area contributed by atoms with Crippen molar-refractivity contribution in [1.82, 2.24) is 9.80 Å². The van der Waals surface area contributed by atoms with E-state index in [0.717, 1.165) is 11.6 Å². The Kier molecular flexibility index (Phi) is 3.96. The number of nitrogens with zero attached hydrogens (tertiary/aromatic N) is 2. The summed E-state index contributed by atoms with van der Waals surface area (Å²) in [5.41, 5.74) is 0.146. The van der Waals surface area contributed by atoms with Gasteiger partial charge in [-0.2, -0.15) is 0 Å². The smallest absolute Gasteiger partial charge is 0.257 e. The number of carbonyl (C=O) groups excluding carboxylic acids is 2. The Morgan fingerprint density at radius 3 is 2.75 bits per heavy atom. The maximum atomic E-state index is 14.3. The van der Waals surface area contributed by atoms with Crippen molar-refractivity contribution in [2.24, 2.45) is 0 Å². The average Bonchev–Trinajstić information content (AvgIpc) is 3.31. The van der Waals surface area contributed by atoms with Gasteiger partial charge in [0.15, 0.2) is 5.72 Å². The van der Waals surface area contributed by atoms with Crippen molar-refractivity contribution in [1.29, 1.82) is 0 Å². The van der Waals surface area contributed by atoms with Crippen molar-refractivity contribution in [3.8, 4) is 0 Å². The fourth-order valence-corrected chi connectivity index (χ4v) is 4.89. The summed E-state index contributed by atoms with van der Waals surface area (Å²) in [5, 5.41) is 0.235. The SMILES string of the molecule is O=C(c1ccc(Cl)cc1F)N1CC[C@@]23O[C@H](c4ccccc4)CN2C(=O)C[C@@H]13. The highest BCUT2D eigenvalue weighted by Crippen LogP contribution is 2.50. The molecule has 2 amide bonds. The molecule has 0 bridgehead atoms. The molecule has 3 aliphatic heterocycles. The number of carbonyl (C=O) groups is 2. The van der Waals surface area contributed by atoms with Crippen LogP contribution in [-0.2, 0) is 9.53 Å². The number of amides is 2. The van der Waals surface area contributed by atoms with Gasteiger partial charge in [0.2, 0.25) is 5.91 Å². The van der Waals surface area contributed by atoms with E-state index in [1.807, 2.05) is 30.3 Å². The fraction of sp³-hybridized carbons (Fsp3) is 0.333. The third kappa shape index (κ3) is 2.48. The molecule has 1 spiro atoms. The molecular formula is C21H18ClFN2O3. The van der Waals surface area contributed by atoms with Crippen LogP contribution in [-0.4, -0.2) is 46.5 Å². The van der Waals surface area contributed by atoms with Crippen molar-refractivity contribution >= 4 is 23.4 Å². The molecule has 0 N–H and O–H groups in total. The van der Waals surface area contributed by atoms with Crippen molar-refractivity contribution in [2.45, 2.75) is 30.7 Å². The van der Waals surface area contributed by atoms with Crippen LogP contribution in [0, 0.1) is 5.82 Å². The van der Waals surface area contributed by atoms with E-state index in [1.54, 1.807) is 9.80 Å². The minimum absolute atomic E-state index is 0.0301. The first-order valence-electron chi connectivity index (χ1n) is 9.29. The molecule has 3 fully saturated rings. The van der Waals surface area contributed by atoms with Crippen LogP contribution >= 0.6 is 11.6 Å². The van der Waals surface area contributed by atoms with Crippen molar-refractivity contribution < 1.29 is 18.7 Å². The van der Waals surface area contributed by atoms with Gasteiger partial charge >= 0.3 is 0 Å². The lowest BCUT2D eigenvalue weighted by molar-refractivity contribution is -0.138. The van der Waals surface area contributed by atoms with Crippen LogP contribution in [0.4, 0.5) is 4.39 Å². The number of hydrogen-bond donors (Lipinski definition) is 0. The summed E-state index contributed by atoms with van der Waals surface area (Å²) >= 11 is 5.80. The predicted octanol–water partition coefficient (Wildman–Crippen LogP) is 3.39. The van der Waals surface area contributed by atoms with Gasteiger partial charge in [-0.15, -0.1) is 0 Å². The molecule has 0 saturated carbocycles. The van der Waals surface area contributed by atoms with Crippen LogP contribution < -0.4 is 0 Å². The number of rotatable bonds is 2. The quantitative estimate of drug-likeness (QED) is 0.776. The summed E-state index contributed by atoms with van der Waals surface area (Å²) < 4.78 is 20.7. The Hall–Kier alpha value is -2.44. The molecular weight excluding hydrogens is 383 g/mol. The van der Waals surface area contributed by atoms with E-state index in [1.165, 1.54) is 12.1 Å². The first-order valence-corrected chi connectivity index (χ1v) is 9.67. The molecule has 0 aliphatic carbocycles. The number of likely N-dealkylation sites (tertiary alicyclic amines) is 1. The first-order chi connectivity index (χ1) is 13.5. The van der Waals surface area contributed by atoms with Crippen LogP contribution in [0.15, 0.2) is 48.5 Å². The molecule has 3 atom stereocenters. The molecule has 28 heavy (non-hydrogen) atoms. The first kappa shape index (κ1) is 17.6. The molecule has 0 unspecified atom stereocenters. The van der Waals surface area contributed by atoms with E-state index in [-0.39, 0.29) is 29.0 Å². The Morgan fingerprint density at radius 1 is 1.21 bits per heavy atom. The molecule has 2 aromatic rings. The van der Waals surface area contributed by atoms with Gasteiger partial charge in [-0.25, -0.2) is 4.39 Å². The van der Waals surface area contributed by atoms with E-state index < -0.39 is 23.5 Å². The number of hydrogen-bond acceptors (Lipinski definition) is 3. The molecule has 7 heteroatoms. The van der Waals surface area contributed by atoms with Gasteiger partial charge in [-0.1, -0.05) is 41.9 Å². The lowest BCUT2D eigenvalue weighted by atomic mass is 10.1. The van der Waals surface area contributed by atoms with Crippen LogP contribution in [0.25, 0.3) is 0 Å². The topological polar surface area (TPSA) is 49.9 Å². The summed E-state index contributed by atoms with van der Waals surface area (Å²) in [4.78, 5) is 29.0. The van der Waals surface area contributed by atoms with Gasteiger partial charge in [0.25, 0.3) is 5.91 Å². The highest BCUT2D eigenvalue weighted by atomic mass is 35.5. The molecule has 3 aliphatic rings. The minimum Gasteiger partial charge on any atom is -0.343 e. The third-order valence-corrected chi connectivity index (χ3v) is 6.26. The maximum absolute atomic E-state index is 14.3. The Morgan fingerprint density at radius 2 is 2.00 bits per heavy atom. The van der Waals surface area contributed by atoms with Crippen molar-refractivity contribution in [3.05, 3.63) is 70.5 Å². The van der Waals surface area contributed by atoms with E-state index in [4.69, 9.17) is 16.3 Å². The molecule has 3 saturated heterocycles. The zero-order valence-corrected chi connectivity index (χ0v) is 15.7. The highest BCUT2D eigenvalue weighted by Gasteiger charge is 2.65. The van der Waals surface area contributed by atoms with E-state index >= 15 is 0 Å². The van der Waals surface area contributed by atoms with Crippen molar-refractivity contribution in [3.63, 3.8) is 0 Å². The fourth-order valence-electron chi connectivity index (χ4n) is 4.73. The van der Waals surface area contributed by atoms with E-state index in [0.29, 0.717) is 19.5 Å². The Bertz CT molecular complexity index is 969. The zero-order valence-electron chi connectivity index (χ0n) is 15.0. The maximum Gasteiger partial charge on any atom is 0.257 e. The number of benzene rings is 2. The second-order valence-corrected chi connectivity index (χ2v) is 7.90. The second-order valence-electron chi connectivity index (χ2n) is 7.46. The predicted molar refractivity (Wildman–Crippen MR) is 100 cm³/mol. The highest BCUT2D eigenvalue weighted by molar-refractivity contribution is 6.30. The standard InChI is InChI=1S/C21H18ClFN2O3/c22-14-6-7-15(16(23)10-14)20(27)24-9-8-21-18(24)11-19(26)25(21)12-17(28-21)13-4-2-1-3-5-13/h1-7,10,17-18H,8-9,11-12H2/t17-,18+,21-/m0/s1. The van der Waals surface area contributed by atoms with E-state index in [9.17, 15) is 14.0 Å². The van der Waals surface area contributed by atoms with Gasteiger partial charge in [0.1, 0.15) is 11.9 Å². The number of halogens is 2. The van der Waals surface area contributed by atoms with Crippen LogP contribution in [0.1, 0.15) is 34.9 Å². The average molecular weight is 401 g/mol. The van der Waals surface area contributed by atoms with Crippen LogP contribution in [0.5, 0.6) is 0 Å². The third-order valence-electron chi connectivity index (χ3n) is 6.02. The lowest BCUT2D eigenvalue weighted by Gasteiger charge is -2.32. The molecule has 2 aromatic carbocycles. The largest absolute Gasteiger partial charge is 0.343 e. The van der Waals surface area contributed by atoms with Crippen LogP contribution in [0.3, 0.4) is 0 Å². The Balaban J connectivity index is 1.45. The van der Waals surface area contributed by atoms with Gasteiger partial charge in [-0.05, 0) is 23.8 Å².